The number of ether oxygens (including phenoxy) is 3. The van der Waals surface area contributed by atoms with Crippen LogP contribution in [0.5, 0.6) is 11.5 Å². The van der Waals surface area contributed by atoms with E-state index in [-0.39, 0.29) is 18.4 Å². The van der Waals surface area contributed by atoms with E-state index in [1.54, 1.807) is 12.0 Å². The number of methoxy groups -OCH3 is 2. The van der Waals surface area contributed by atoms with Gasteiger partial charge in [0.25, 0.3) is 0 Å². The van der Waals surface area contributed by atoms with Crippen molar-refractivity contribution in [3.63, 3.8) is 0 Å². The Hall–Kier alpha value is -2.44. The van der Waals surface area contributed by atoms with Crippen molar-refractivity contribution >= 4 is 12.0 Å². The number of likely N-dealkylation sites (tertiary alicyclic amines) is 1. The van der Waals surface area contributed by atoms with Gasteiger partial charge in [0.2, 0.25) is 5.91 Å². The first-order chi connectivity index (χ1) is 11.6. The molecule has 7 heteroatoms. The van der Waals surface area contributed by atoms with Crippen molar-refractivity contribution in [1.82, 2.24) is 10.2 Å². The first kappa shape index (κ1) is 17.9. The highest BCUT2D eigenvalue weighted by atomic mass is 16.5. The molecule has 1 aromatic rings. The van der Waals surface area contributed by atoms with Crippen molar-refractivity contribution in [2.75, 3.05) is 40.5 Å². The lowest BCUT2D eigenvalue weighted by atomic mass is 9.99. The first-order valence-electron chi connectivity index (χ1n) is 7.99. The Morgan fingerprint density at radius 2 is 1.92 bits per heavy atom. The number of carbonyl (C=O) groups excluding carboxylic acids is 2. The molecule has 0 aliphatic carbocycles. The average Bonchev–Trinajstić information content (AvgIpc) is 2.64. The number of alkyl carbamates (subject to hydrolysis) is 1. The van der Waals surface area contributed by atoms with Crippen LogP contribution in [-0.2, 0) is 9.53 Å². The van der Waals surface area contributed by atoms with Crippen molar-refractivity contribution < 1.29 is 23.8 Å². The molecule has 1 fully saturated rings. The zero-order chi connectivity index (χ0) is 17.4. The maximum absolute atomic E-state index is 12.1. The maximum atomic E-state index is 12.1. The van der Waals surface area contributed by atoms with Gasteiger partial charge in [-0.1, -0.05) is 0 Å². The lowest BCUT2D eigenvalue weighted by molar-refractivity contribution is -0.132. The van der Waals surface area contributed by atoms with Gasteiger partial charge in [-0.15, -0.1) is 0 Å². The van der Waals surface area contributed by atoms with Gasteiger partial charge in [-0.25, -0.2) is 4.79 Å². The summed E-state index contributed by atoms with van der Waals surface area (Å²) in [6.45, 7) is 1.86. The van der Waals surface area contributed by atoms with Crippen molar-refractivity contribution in [2.24, 2.45) is 5.92 Å². The largest absolute Gasteiger partial charge is 0.497 e. The minimum absolute atomic E-state index is 0.0429. The lowest BCUT2D eigenvalue weighted by Crippen LogP contribution is -2.46. The van der Waals surface area contributed by atoms with Crippen LogP contribution in [0.15, 0.2) is 24.3 Å². The number of nitrogens with zero attached hydrogens (tertiary/aromatic N) is 1. The molecule has 132 valence electrons. The fraction of sp³-hybridized carbons (Fsp3) is 0.529. The van der Waals surface area contributed by atoms with Crippen molar-refractivity contribution in [3.05, 3.63) is 24.3 Å². The second-order valence-corrected chi connectivity index (χ2v) is 5.68. The Labute approximate surface area is 141 Å². The summed E-state index contributed by atoms with van der Waals surface area (Å²) >= 11 is 0. The Morgan fingerprint density at radius 3 is 2.58 bits per heavy atom. The van der Waals surface area contributed by atoms with Gasteiger partial charge < -0.3 is 24.4 Å². The number of piperidine rings is 1. The monoisotopic (exact) mass is 336 g/mol. The fourth-order valence-corrected chi connectivity index (χ4v) is 2.65. The van der Waals surface area contributed by atoms with E-state index in [0.717, 1.165) is 24.3 Å². The molecule has 24 heavy (non-hydrogen) atoms. The smallest absolute Gasteiger partial charge is 0.407 e. The first-order valence-corrected chi connectivity index (χ1v) is 7.99. The van der Waals surface area contributed by atoms with Crippen molar-refractivity contribution in [2.45, 2.75) is 12.8 Å². The van der Waals surface area contributed by atoms with Crippen LogP contribution in [-0.4, -0.2) is 57.4 Å². The highest BCUT2D eigenvalue weighted by Crippen LogP contribution is 2.21. The summed E-state index contributed by atoms with van der Waals surface area (Å²) in [7, 11) is 2.89. The molecule has 1 atom stereocenters. The zero-order valence-electron chi connectivity index (χ0n) is 14.1. The summed E-state index contributed by atoms with van der Waals surface area (Å²) in [5, 5.41) is 2.42. The quantitative estimate of drug-likeness (QED) is 0.855. The molecule has 2 rings (SSSR count). The third-order valence-electron chi connectivity index (χ3n) is 3.99. The van der Waals surface area contributed by atoms with Gasteiger partial charge in [-0.2, -0.15) is 0 Å². The molecule has 0 aromatic heterocycles. The number of benzene rings is 1. The fourth-order valence-electron chi connectivity index (χ4n) is 2.65. The molecule has 1 aliphatic heterocycles. The van der Waals surface area contributed by atoms with Gasteiger partial charge in [0.05, 0.1) is 20.8 Å². The van der Waals surface area contributed by atoms with Crippen LogP contribution in [0.2, 0.25) is 0 Å². The van der Waals surface area contributed by atoms with Gasteiger partial charge in [0, 0.05) is 19.0 Å². The molecule has 7 nitrogen and oxygen atoms in total. The third kappa shape index (κ3) is 5.33. The highest BCUT2D eigenvalue weighted by Gasteiger charge is 2.24. The lowest BCUT2D eigenvalue weighted by Gasteiger charge is -2.32. The van der Waals surface area contributed by atoms with E-state index < -0.39 is 6.09 Å². The maximum Gasteiger partial charge on any atom is 0.407 e. The third-order valence-corrected chi connectivity index (χ3v) is 3.99. The molecule has 0 spiro atoms. The summed E-state index contributed by atoms with van der Waals surface area (Å²) in [4.78, 5) is 24.9. The standard InChI is InChI=1S/C17H24N2O5/c1-22-14-5-7-15(8-6-14)24-12-13-4-3-9-19(11-13)16(20)10-18-17(21)23-2/h5-8,13H,3-4,9-12H2,1-2H3,(H,18,21)/t13-/m0/s1. The van der Waals surface area contributed by atoms with E-state index in [1.807, 2.05) is 24.3 Å². The van der Waals surface area contributed by atoms with E-state index >= 15 is 0 Å². The molecule has 0 radical (unpaired) electrons. The van der Waals surface area contributed by atoms with Crippen LogP contribution in [0.4, 0.5) is 4.79 Å². The number of carbonyl (C=O) groups is 2. The van der Waals surface area contributed by atoms with Crippen molar-refractivity contribution in [3.8, 4) is 11.5 Å². The number of hydrogen-bond acceptors (Lipinski definition) is 5. The second kappa shape index (κ2) is 9.00. The molecule has 1 heterocycles. The van der Waals surface area contributed by atoms with Crippen LogP contribution < -0.4 is 14.8 Å². The van der Waals surface area contributed by atoms with Gasteiger partial charge in [0.15, 0.2) is 0 Å². The Balaban J connectivity index is 1.77. The Bertz CT molecular complexity index is 546. The topological polar surface area (TPSA) is 77.1 Å². The van der Waals surface area contributed by atoms with Gasteiger partial charge in [-0.3, -0.25) is 4.79 Å². The van der Waals surface area contributed by atoms with Gasteiger partial charge >= 0.3 is 6.09 Å². The summed E-state index contributed by atoms with van der Waals surface area (Å²) in [6.07, 6.45) is 1.35. The molecule has 1 aliphatic rings. The summed E-state index contributed by atoms with van der Waals surface area (Å²) in [6, 6.07) is 7.44. The van der Waals surface area contributed by atoms with Crippen LogP contribution in [0.3, 0.4) is 0 Å². The van der Waals surface area contributed by atoms with E-state index in [0.29, 0.717) is 19.7 Å². The Kier molecular flexibility index (Phi) is 6.72. The average molecular weight is 336 g/mol. The van der Waals surface area contributed by atoms with E-state index in [9.17, 15) is 9.59 Å². The molecule has 0 unspecified atom stereocenters. The van der Waals surface area contributed by atoms with Crippen LogP contribution in [0, 0.1) is 5.92 Å². The summed E-state index contributed by atoms with van der Waals surface area (Å²) < 4.78 is 15.4. The summed E-state index contributed by atoms with van der Waals surface area (Å²) in [5.74, 6) is 1.75. The molecule has 1 N–H and O–H groups in total. The number of hydrogen-bond donors (Lipinski definition) is 1. The van der Waals surface area contributed by atoms with E-state index in [2.05, 4.69) is 10.1 Å². The van der Waals surface area contributed by atoms with Gasteiger partial charge in [0.1, 0.15) is 18.0 Å². The normalized spacial score (nSPS) is 17.1. The predicted molar refractivity (Wildman–Crippen MR) is 88.2 cm³/mol. The minimum atomic E-state index is -0.597. The second-order valence-electron chi connectivity index (χ2n) is 5.68. The van der Waals surface area contributed by atoms with Crippen LogP contribution in [0.1, 0.15) is 12.8 Å². The zero-order valence-corrected chi connectivity index (χ0v) is 14.1. The minimum Gasteiger partial charge on any atom is -0.497 e. The Morgan fingerprint density at radius 1 is 1.21 bits per heavy atom. The predicted octanol–water partition coefficient (Wildman–Crippen LogP) is 1.67. The molecular weight excluding hydrogens is 312 g/mol. The van der Waals surface area contributed by atoms with Gasteiger partial charge in [-0.05, 0) is 37.1 Å². The van der Waals surface area contributed by atoms with Crippen LogP contribution in [0.25, 0.3) is 0 Å². The molecular formula is C17H24N2O5. The van der Waals surface area contributed by atoms with Crippen molar-refractivity contribution in [1.29, 1.82) is 0 Å². The number of rotatable bonds is 6. The summed E-state index contributed by atoms with van der Waals surface area (Å²) in [5.41, 5.74) is 0. The molecule has 0 saturated carbocycles. The highest BCUT2D eigenvalue weighted by molar-refractivity contribution is 5.82. The number of amides is 2. The van der Waals surface area contributed by atoms with Crippen LogP contribution >= 0.6 is 0 Å². The molecule has 1 aromatic carbocycles. The molecule has 2 amide bonds. The molecule has 0 bridgehead atoms. The molecule has 1 saturated heterocycles. The SMILES string of the molecule is COC(=O)NCC(=O)N1CCC[C@H](COc2ccc(OC)cc2)C1. The van der Waals surface area contributed by atoms with E-state index in [1.165, 1.54) is 7.11 Å². The van der Waals surface area contributed by atoms with E-state index in [4.69, 9.17) is 9.47 Å². The number of nitrogens with one attached hydrogen (secondary N) is 1.